The molecule has 0 aliphatic carbocycles. The van der Waals surface area contributed by atoms with Crippen LogP contribution in [-0.4, -0.2) is 46.5 Å². The SMILES string of the molecule is Cc1cc(C(F)F)n2ncc(C(=O)N3CCCC3c3cc4nc(C)cc(=O)n4[nH]3)c2n1. The zero-order chi connectivity index (χ0) is 21.9. The smallest absolute Gasteiger partial charge is 0.280 e. The fourth-order valence-electron chi connectivity index (χ4n) is 4.21. The predicted octanol–water partition coefficient (Wildman–Crippen LogP) is 2.60. The van der Waals surface area contributed by atoms with E-state index >= 15 is 0 Å². The van der Waals surface area contributed by atoms with Crippen molar-refractivity contribution in [1.82, 2.24) is 34.1 Å². The van der Waals surface area contributed by atoms with Crippen LogP contribution in [0.4, 0.5) is 8.78 Å². The lowest BCUT2D eigenvalue weighted by molar-refractivity contribution is 0.0734. The maximum absolute atomic E-state index is 13.4. The van der Waals surface area contributed by atoms with Gasteiger partial charge in [0.1, 0.15) is 11.3 Å². The number of carbonyl (C=O) groups excluding carboxylic acids is 1. The number of H-pyrrole nitrogens is 1. The maximum atomic E-state index is 13.4. The Morgan fingerprint density at radius 3 is 2.74 bits per heavy atom. The molecular formula is C20H19F2N7O2. The molecule has 0 radical (unpaired) electrons. The summed E-state index contributed by atoms with van der Waals surface area (Å²) < 4.78 is 29.2. The summed E-state index contributed by atoms with van der Waals surface area (Å²) in [6.07, 6.45) is 0.0000390. The van der Waals surface area contributed by atoms with Crippen LogP contribution in [0.15, 0.2) is 29.2 Å². The fraction of sp³-hybridized carbons (Fsp3) is 0.350. The number of nitrogens with zero attached hydrogens (tertiary/aromatic N) is 6. The van der Waals surface area contributed by atoms with Crippen molar-refractivity contribution in [1.29, 1.82) is 0 Å². The Hall–Kier alpha value is -3.63. The first-order chi connectivity index (χ1) is 14.8. The molecule has 1 aliphatic heterocycles. The predicted molar refractivity (Wildman–Crippen MR) is 106 cm³/mol. The minimum atomic E-state index is -2.74. The molecule has 1 fully saturated rings. The summed E-state index contributed by atoms with van der Waals surface area (Å²) in [6.45, 7) is 3.83. The number of carbonyl (C=O) groups is 1. The molecule has 0 spiro atoms. The standard InChI is InChI=1S/C20H19F2N7O2/c1-10-6-15(18(21)22)28-19(25-10)12(9-23-28)20(31)27-5-3-4-14(27)13-8-16-24-11(2)7-17(30)29(16)26-13/h6-9,14,18,26H,3-5H2,1-2H3. The van der Waals surface area contributed by atoms with Gasteiger partial charge in [0.2, 0.25) is 0 Å². The molecule has 5 rings (SSSR count). The second-order valence-corrected chi connectivity index (χ2v) is 7.71. The molecule has 5 heterocycles. The molecule has 4 aromatic heterocycles. The van der Waals surface area contributed by atoms with Crippen LogP contribution < -0.4 is 5.56 Å². The van der Waals surface area contributed by atoms with E-state index in [0.29, 0.717) is 35.7 Å². The van der Waals surface area contributed by atoms with Crippen LogP contribution in [0.3, 0.4) is 0 Å². The van der Waals surface area contributed by atoms with Gasteiger partial charge in [-0.05, 0) is 32.8 Å². The number of amides is 1. The van der Waals surface area contributed by atoms with Crippen LogP contribution in [0, 0.1) is 13.8 Å². The van der Waals surface area contributed by atoms with Gasteiger partial charge >= 0.3 is 0 Å². The third kappa shape index (κ3) is 3.07. The van der Waals surface area contributed by atoms with Gasteiger partial charge in [-0.2, -0.15) is 5.10 Å². The van der Waals surface area contributed by atoms with Gasteiger partial charge in [-0.15, -0.1) is 0 Å². The number of halogens is 2. The molecule has 160 valence electrons. The van der Waals surface area contributed by atoms with Gasteiger partial charge in [0.05, 0.1) is 17.9 Å². The van der Waals surface area contributed by atoms with Crippen molar-refractivity contribution in [3.8, 4) is 0 Å². The first kappa shape index (κ1) is 19.3. The Labute approximate surface area is 174 Å². The Bertz CT molecular complexity index is 1390. The van der Waals surface area contributed by atoms with Crippen molar-refractivity contribution in [3.05, 3.63) is 63.1 Å². The zero-order valence-corrected chi connectivity index (χ0v) is 16.8. The number of hydrogen-bond acceptors (Lipinski definition) is 5. The first-order valence-electron chi connectivity index (χ1n) is 9.87. The highest BCUT2D eigenvalue weighted by Crippen LogP contribution is 2.33. The lowest BCUT2D eigenvalue weighted by Gasteiger charge is -2.23. The maximum Gasteiger partial charge on any atom is 0.280 e. The second-order valence-electron chi connectivity index (χ2n) is 7.71. The lowest BCUT2D eigenvalue weighted by atomic mass is 10.1. The molecule has 0 saturated carbocycles. The average Bonchev–Trinajstić information content (AvgIpc) is 3.43. The number of aryl methyl sites for hydroxylation is 2. The molecule has 1 unspecified atom stereocenters. The molecule has 0 bridgehead atoms. The summed E-state index contributed by atoms with van der Waals surface area (Å²) in [5.41, 5.74) is 1.90. The minimum absolute atomic E-state index is 0.108. The van der Waals surface area contributed by atoms with E-state index < -0.39 is 6.43 Å². The van der Waals surface area contributed by atoms with E-state index in [-0.39, 0.29) is 34.4 Å². The van der Waals surface area contributed by atoms with Crippen LogP contribution in [0.2, 0.25) is 0 Å². The molecule has 1 saturated heterocycles. The normalized spacial score (nSPS) is 16.8. The third-order valence-corrected chi connectivity index (χ3v) is 5.55. The number of fused-ring (bicyclic) bond motifs is 2. The van der Waals surface area contributed by atoms with E-state index in [1.807, 2.05) is 0 Å². The molecule has 0 aromatic carbocycles. The first-order valence-corrected chi connectivity index (χ1v) is 9.87. The number of rotatable bonds is 3. The Balaban J connectivity index is 1.55. The molecular weight excluding hydrogens is 408 g/mol. The van der Waals surface area contributed by atoms with Gasteiger partial charge in [0, 0.05) is 30.1 Å². The molecule has 31 heavy (non-hydrogen) atoms. The molecule has 1 atom stereocenters. The van der Waals surface area contributed by atoms with E-state index in [9.17, 15) is 18.4 Å². The van der Waals surface area contributed by atoms with E-state index in [0.717, 1.165) is 10.9 Å². The highest BCUT2D eigenvalue weighted by atomic mass is 19.3. The largest absolute Gasteiger partial charge is 0.330 e. The lowest BCUT2D eigenvalue weighted by Crippen LogP contribution is -2.31. The van der Waals surface area contributed by atoms with E-state index in [4.69, 9.17) is 0 Å². The molecule has 1 N–H and O–H groups in total. The van der Waals surface area contributed by atoms with Gasteiger partial charge in [0.25, 0.3) is 17.9 Å². The quantitative estimate of drug-likeness (QED) is 0.542. The van der Waals surface area contributed by atoms with Crippen molar-refractivity contribution in [2.45, 2.75) is 39.2 Å². The number of aromatic nitrogens is 6. The van der Waals surface area contributed by atoms with Crippen LogP contribution in [0.1, 0.15) is 58.4 Å². The van der Waals surface area contributed by atoms with Crippen LogP contribution in [-0.2, 0) is 0 Å². The molecule has 9 nitrogen and oxygen atoms in total. The average molecular weight is 427 g/mol. The summed E-state index contributed by atoms with van der Waals surface area (Å²) in [7, 11) is 0. The van der Waals surface area contributed by atoms with E-state index in [2.05, 4.69) is 20.2 Å². The molecule has 1 aliphatic rings. The summed E-state index contributed by atoms with van der Waals surface area (Å²) in [4.78, 5) is 35.9. The van der Waals surface area contributed by atoms with Gasteiger partial charge in [-0.1, -0.05) is 0 Å². The molecule has 1 amide bonds. The van der Waals surface area contributed by atoms with Crippen molar-refractivity contribution in [2.75, 3.05) is 6.54 Å². The molecule has 11 heteroatoms. The van der Waals surface area contributed by atoms with Crippen LogP contribution in [0.5, 0.6) is 0 Å². The van der Waals surface area contributed by atoms with Crippen LogP contribution >= 0.6 is 0 Å². The number of likely N-dealkylation sites (tertiary alicyclic amines) is 1. The van der Waals surface area contributed by atoms with Crippen molar-refractivity contribution in [2.24, 2.45) is 0 Å². The second kappa shape index (κ2) is 6.96. The van der Waals surface area contributed by atoms with Gasteiger partial charge in [-0.25, -0.2) is 27.8 Å². The van der Waals surface area contributed by atoms with Gasteiger partial charge < -0.3 is 4.90 Å². The highest BCUT2D eigenvalue weighted by molar-refractivity contribution is 6.00. The van der Waals surface area contributed by atoms with Crippen molar-refractivity contribution >= 4 is 17.2 Å². The summed E-state index contributed by atoms with van der Waals surface area (Å²) in [6, 6.07) is 4.15. The summed E-state index contributed by atoms with van der Waals surface area (Å²) in [5.74, 6) is -0.342. The minimum Gasteiger partial charge on any atom is -0.330 e. The number of nitrogens with one attached hydrogen (secondary N) is 1. The summed E-state index contributed by atoms with van der Waals surface area (Å²) in [5, 5.41) is 7.04. The number of hydrogen-bond donors (Lipinski definition) is 1. The highest BCUT2D eigenvalue weighted by Gasteiger charge is 2.34. The Kier molecular flexibility index (Phi) is 4.34. The van der Waals surface area contributed by atoms with Gasteiger partial charge in [-0.3, -0.25) is 14.7 Å². The van der Waals surface area contributed by atoms with E-state index in [1.165, 1.54) is 22.8 Å². The zero-order valence-electron chi connectivity index (χ0n) is 16.8. The topological polar surface area (TPSA) is 101 Å². The summed E-state index contributed by atoms with van der Waals surface area (Å²) >= 11 is 0. The van der Waals surface area contributed by atoms with E-state index in [1.54, 1.807) is 24.8 Å². The van der Waals surface area contributed by atoms with Gasteiger partial charge in [0.15, 0.2) is 11.3 Å². The monoisotopic (exact) mass is 427 g/mol. The molecule has 4 aromatic rings. The van der Waals surface area contributed by atoms with Crippen molar-refractivity contribution < 1.29 is 13.6 Å². The van der Waals surface area contributed by atoms with Crippen molar-refractivity contribution in [3.63, 3.8) is 0 Å². The third-order valence-electron chi connectivity index (χ3n) is 5.55. The number of aromatic amines is 1. The fourth-order valence-corrected chi connectivity index (χ4v) is 4.21. The Morgan fingerprint density at radius 2 is 1.97 bits per heavy atom. The van der Waals surface area contributed by atoms with Crippen LogP contribution in [0.25, 0.3) is 11.3 Å². The number of alkyl halides is 2. The Morgan fingerprint density at radius 1 is 1.19 bits per heavy atom.